The fraction of sp³-hybridized carbons (Fsp3) is 0.571. The van der Waals surface area contributed by atoms with E-state index in [4.69, 9.17) is 9.26 Å². The molecular formula is C21H34IN5O2. The van der Waals surface area contributed by atoms with Gasteiger partial charge in [-0.3, -0.25) is 0 Å². The van der Waals surface area contributed by atoms with Crippen LogP contribution in [0.1, 0.15) is 51.9 Å². The van der Waals surface area contributed by atoms with Crippen LogP contribution in [-0.4, -0.2) is 35.8 Å². The van der Waals surface area contributed by atoms with Crippen LogP contribution in [0.5, 0.6) is 0 Å². The van der Waals surface area contributed by atoms with Crippen LogP contribution in [0, 0.1) is 5.92 Å². The molecule has 0 radical (unpaired) electrons. The quantitative estimate of drug-likeness (QED) is 0.300. The largest absolute Gasteiger partial charge is 0.376 e. The van der Waals surface area contributed by atoms with Gasteiger partial charge in [0.15, 0.2) is 11.8 Å². The molecule has 0 fully saturated rings. The highest BCUT2D eigenvalue weighted by atomic mass is 127. The van der Waals surface area contributed by atoms with Gasteiger partial charge in [-0.15, -0.1) is 24.0 Å². The van der Waals surface area contributed by atoms with Crippen molar-refractivity contribution in [2.45, 2.75) is 53.2 Å². The Bertz CT molecular complexity index is 728. The zero-order valence-corrected chi connectivity index (χ0v) is 20.4. The van der Waals surface area contributed by atoms with Gasteiger partial charge in [0, 0.05) is 18.5 Å². The van der Waals surface area contributed by atoms with E-state index >= 15 is 0 Å². The Morgan fingerprint density at radius 3 is 2.55 bits per heavy atom. The van der Waals surface area contributed by atoms with Gasteiger partial charge < -0.3 is 19.9 Å². The summed E-state index contributed by atoms with van der Waals surface area (Å²) in [5, 5.41) is 10.6. The SMILES string of the molecule is CCNC(=NCc1noc(C(C)(C)C)n1)NCC(C)COCc1ccccc1.I. The van der Waals surface area contributed by atoms with Crippen LogP contribution in [0.25, 0.3) is 0 Å². The first-order chi connectivity index (χ1) is 13.4. The smallest absolute Gasteiger partial charge is 0.232 e. The van der Waals surface area contributed by atoms with E-state index in [1.807, 2.05) is 45.9 Å². The van der Waals surface area contributed by atoms with Crippen molar-refractivity contribution in [3.8, 4) is 0 Å². The molecule has 162 valence electrons. The number of hydrogen-bond acceptors (Lipinski definition) is 5. The molecule has 0 aliphatic heterocycles. The summed E-state index contributed by atoms with van der Waals surface area (Å²) < 4.78 is 11.1. The van der Waals surface area contributed by atoms with Crippen LogP contribution >= 0.6 is 24.0 Å². The molecular weight excluding hydrogens is 481 g/mol. The minimum atomic E-state index is -0.160. The predicted octanol–water partition coefficient (Wildman–Crippen LogP) is 3.89. The van der Waals surface area contributed by atoms with Gasteiger partial charge in [0.1, 0.15) is 6.54 Å². The minimum absolute atomic E-state index is 0. The second-order valence-corrected chi connectivity index (χ2v) is 7.95. The lowest BCUT2D eigenvalue weighted by atomic mass is 9.97. The van der Waals surface area contributed by atoms with E-state index in [0.717, 1.165) is 19.0 Å². The number of aromatic nitrogens is 2. The van der Waals surface area contributed by atoms with Crippen LogP contribution in [0.15, 0.2) is 39.8 Å². The van der Waals surface area contributed by atoms with Crippen LogP contribution in [0.2, 0.25) is 0 Å². The Balaban J connectivity index is 0.00000420. The van der Waals surface area contributed by atoms with Gasteiger partial charge in [-0.2, -0.15) is 4.98 Å². The number of rotatable bonds is 9. The van der Waals surface area contributed by atoms with Gasteiger partial charge >= 0.3 is 0 Å². The Labute approximate surface area is 191 Å². The summed E-state index contributed by atoms with van der Waals surface area (Å²) in [5.74, 6) is 2.30. The molecule has 29 heavy (non-hydrogen) atoms. The Kier molecular flexibility index (Phi) is 11.2. The first-order valence-corrected chi connectivity index (χ1v) is 9.85. The van der Waals surface area contributed by atoms with Crippen molar-refractivity contribution in [1.82, 2.24) is 20.8 Å². The van der Waals surface area contributed by atoms with Gasteiger partial charge in [0.05, 0.1) is 13.2 Å². The first kappa shape index (κ1) is 25.4. The summed E-state index contributed by atoms with van der Waals surface area (Å²) in [6.45, 7) is 13.5. The third kappa shape index (κ3) is 9.58. The molecule has 2 aromatic rings. The maximum atomic E-state index is 5.80. The molecule has 0 saturated heterocycles. The molecule has 0 saturated carbocycles. The Hall–Kier alpha value is -1.68. The number of aliphatic imine (C=N–C) groups is 1. The maximum absolute atomic E-state index is 5.80. The van der Waals surface area contributed by atoms with Gasteiger partial charge in [-0.05, 0) is 18.4 Å². The summed E-state index contributed by atoms with van der Waals surface area (Å²) >= 11 is 0. The zero-order chi connectivity index (χ0) is 20.4. The van der Waals surface area contributed by atoms with Crippen molar-refractivity contribution in [1.29, 1.82) is 0 Å². The predicted molar refractivity (Wildman–Crippen MR) is 126 cm³/mol. The number of guanidine groups is 1. The van der Waals surface area contributed by atoms with E-state index < -0.39 is 0 Å². The van der Waals surface area contributed by atoms with Gasteiger partial charge in [-0.25, -0.2) is 4.99 Å². The topological polar surface area (TPSA) is 84.6 Å². The van der Waals surface area contributed by atoms with Gasteiger partial charge in [0.2, 0.25) is 5.89 Å². The molecule has 0 aliphatic rings. The van der Waals surface area contributed by atoms with Gasteiger partial charge in [-0.1, -0.05) is 63.2 Å². The molecule has 2 rings (SSSR count). The maximum Gasteiger partial charge on any atom is 0.232 e. The lowest BCUT2D eigenvalue weighted by Crippen LogP contribution is -2.40. The van der Waals surface area contributed by atoms with E-state index in [2.05, 4.69) is 44.8 Å². The average Bonchev–Trinajstić information content (AvgIpc) is 3.14. The number of nitrogens with zero attached hydrogens (tertiary/aromatic N) is 3. The van der Waals surface area contributed by atoms with Crippen LogP contribution in [-0.2, 0) is 23.3 Å². The molecule has 1 atom stereocenters. The summed E-state index contributed by atoms with van der Waals surface area (Å²) in [7, 11) is 0. The van der Waals surface area contributed by atoms with Crippen molar-refractivity contribution in [2.75, 3.05) is 19.7 Å². The van der Waals surface area contributed by atoms with Crippen LogP contribution in [0.3, 0.4) is 0 Å². The molecule has 0 spiro atoms. The van der Waals surface area contributed by atoms with Gasteiger partial charge in [0.25, 0.3) is 0 Å². The molecule has 1 aromatic heterocycles. The molecule has 0 bridgehead atoms. The van der Waals surface area contributed by atoms with Crippen molar-refractivity contribution < 1.29 is 9.26 Å². The molecule has 0 aliphatic carbocycles. The summed E-state index contributed by atoms with van der Waals surface area (Å²) in [4.78, 5) is 8.97. The molecule has 1 unspecified atom stereocenters. The number of halogens is 1. The normalized spacial score (nSPS) is 12.9. The highest BCUT2D eigenvalue weighted by molar-refractivity contribution is 14.0. The third-order valence-electron chi connectivity index (χ3n) is 3.96. The monoisotopic (exact) mass is 515 g/mol. The molecule has 1 aromatic carbocycles. The second kappa shape index (κ2) is 12.8. The minimum Gasteiger partial charge on any atom is -0.376 e. The molecule has 1 heterocycles. The van der Waals surface area contributed by atoms with E-state index in [1.54, 1.807) is 0 Å². The van der Waals surface area contributed by atoms with E-state index in [-0.39, 0.29) is 29.4 Å². The van der Waals surface area contributed by atoms with Crippen LogP contribution in [0.4, 0.5) is 0 Å². The first-order valence-electron chi connectivity index (χ1n) is 9.85. The Morgan fingerprint density at radius 1 is 1.21 bits per heavy atom. The zero-order valence-electron chi connectivity index (χ0n) is 18.1. The fourth-order valence-corrected chi connectivity index (χ4v) is 2.40. The third-order valence-corrected chi connectivity index (χ3v) is 3.96. The van der Waals surface area contributed by atoms with Crippen molar-refractivity contribution in [2.24, 2.45) is 10.9 Å². The molecule has 7 nitrogen and oxygen atoms in total. The van der Waals surface area contributed by atoms with E-state index in [9.17, 15) is 0 Å². The fourth-order valence-electron chi connectivity index (χ4n) is 2.40. The lowest BCUT2D eigenvalue weighted by molar-refractivity contribution is 0.0931. The summed E-state index contributed by atoms with van der Waals surface area (Å²) in [6.07, 6.45) is 0. The van der Waals surface area contributed by atoms with Crippen LogP contribution < -0.4 is 10.6 Å². The lowest BCUT2D eigenvalue weighted by Gasteiger charge is -2.16. The molecule has 0 amide bonds. The highest BCUT2D eigenvalue weighted by Crippen LogP contribution is 2.19. The van der Waals surface area contributed by atoms with E-state index in [1.165, 1.54) is 5.56 Å². The molecule has 8 heteroatoms. The summed E-state index contributed by atoms with van der Waals surface area (Å²) in [5.41, 5.74) is 1.03. The number of benzene rings is 1. The number of hydrogen-bond donors (Lipinski definition) is 2. The second-order valence-electron chi connectivity index (χ2n) is 7.95. The summed E-state index contributed by atoms with van der Waals surface area (Å²) in [6, 6.07) is 10.2. The van der Waals surface area contributed by atoms with Crippen molar-refractivity contribution >= 4 is 29.9 Å². The van der Waals surface area contributed by atoms with E-state index in [0.29, 0.717) is 37.4 Å². The highest BCUT2D eigenvalue weighted by Gasteiger charge is 2.21. The number of ether oxygens (including phenoxy) is 1. The standard InChI is InChI=1S/C21H33N5O2.HI/c1-6-22-20(24-13-18-25-19(28-26-18)21(3,4)5)23-12-16(2)14-27-15-17-10-8-7-9-11-17;/h7-11,16H,6,12-15H2,1-5H3,(H2,22,23,24);1H. The average molecular weight is 515 g/mol. The molecule has 2 N–H and O–H groups in total. The van der Waals surface area contributed by atoms with Crippen molar-refractivity contribution in [3.05, 3.63) is 47.6 Å². The number of nitrogens with one attached hydrogen (secondary N) is 2. The Morgan fingerprint density at radius 2 is 1.93 bits per heavy atom. The van der Waals surface area contributed by atoms with Crippen molar-refractivity contribution in [3.63, 3.8) is 0 Å².